The Morgan fingerprint density at radius 1 is 1.18 bits per heavy atom. The van der Waals surface area contributed by atoms with Gasteiger partial charge in [0.1, 0.15) is 23.7 Å². The lowest BCUT2D eigenvalue weighted by Gasteiger charge is -2.46. The zero-order valence-electron chi connectivity index (χ0n) is 21.8. The summed E-state index contributed by atoms with van der Waals surface area (Å²) in [7, 11) is 2.98. The van der Waals surface area contributed by atoms with Crippen LogP contribution in [-0.2, 0) is 16.0 Å². The fourth-order valence-electron chi connectivity index (χ4n) is 5.40. The number of aromatic nitrogens is 1. The first-order chi connectivity index (χ1) is 18.5. The number of nitrogens with two attached hydrogens (primary N) is 1. The minimum absolute atomic E-state index is 0.0630. The number of ether oxygens (including phenoxy) is 1. The number of urea groups is 1. The van der Waals surface area contributed by atoms with E-state index in [0.717, 1.165) is 6.42 Å². The number of anilines is 2. The fraction of sp³-hybridized carbons (Fsp3) is 0.481. The van der Waals surface area contributed by atoms with E-state index in [0.29, 0.717) is 47.6 Å². The van der Waals surface area contributed by atoms with Gasteiger partial charge in [0, 0.05) is 18.9 Å². The highest BCUT2D eigenvalue weighted by Gasteiger charge is 2.56. The standard InChI is InChI=1S/C27H32F3N5O4/c1-34(18-8-10-19(39-2)11-9-18)25(37)22-20(14-16-12-13-32-21(31)15-16)24(36)35(22)26(38)33-23(27(28,29)30)17-6-4-3-5-7-17/h8-13,15,17,20,22-23H,3-7,14H2,1-2H3,(H2,31,32)(H,33,38). The van der Waals surface area contributed by atoms with Crippen molar-refractivity contribution in [2.75, 3.05) is 24.8 Å². The van der Waals surface area contributed by atoms with Crippen LogP contribution in [0.5, 0.6) is 5.75 Å². The molecule has 4 amide bonds. The lowest BCUT2D eigenvalue weighted by molar-refractivity contribution is -0.170. The Balaban J connectivity index is 1.60. The van der Waals surface area contributed by atoms with Crippen molar-refractivity contribution in [3.05, 3.63) is 48.2 Å². The van der Waals surface area contributed by atoms with Crippen molar-refractivity contribution in [3.8, 4) is 5.75 Å². The van der Waals surface area contributed by atoms with Gasteiger partial charge in [-0.2, -0.15) is 13.2 Å². The van der Waals surface area contributed by atoms with Crippen LogP contribution in [0.2, 0.25) is 0 Å². The molecule has 2 heterocycles. The number of pyridine rings is 1. The summed E-state index contributed by atoms with van der Waals surface area (Å²) in [6.07, 6.45) is -0.403. The summed E-state index contributed by atoms with van der Waals surface area (Å²) in [4.78, 5) is 45.9. The van der Waals surface area contributed by atoms with Gasteiger partial charge < -0.3 is 20.7 Å². The number of hydrogen-bond donors (Lipinski definition) is 2. The quantitative estimate of drug-likeness (QED) is 0.508. The number of imide groups is 1. The molecule has 0 spiro atoms. The summed E-state index contributed by atoms with van der Waals surface area (Å²) in [6, 6.07) is 5.09. The Hall–Kier alpha value is -3.83. The van der Waals surface area contributed by atoms with E-state index >= 15 is 0 Å². The highest BCUT2D eigenvalue weighted by Crippen LogP contribution is 2.37. The SMILES string of the molecule is COc1ccc(N(C)C(=O)C2C(Cc3ccnc(N)c3)C(=O)N2C(=O)NC(C2CCCCC2)C(F)(F)F)cc1. The van der Waals surface area contributed by atoms with Crippen molar-refractivity contribution in [2.24, 2.45) is 11.8 Å². The number of carbonyl (C=O) groups is 3. The molecule has 1 aromatic heterocycles. The molecule has 1 saturated carbocycles. The summed E-state index contributed by atoms with van der Waals surface area (Å²) >= 11 is 0. The van der Waals surface area contributed by atoms with Crippen molar-refractivity contribution in [2.45, 2.75) is 56.8 Å². The van der Waals surface area contributed by atoms with Gasteiger partial charge in [-0.1, -0.05) is 19.3 Å². The minimum atomic E-state index is -4.70. The molecule has 2 aromatic rings. The number of likely N-dealkylation sites (tertiary alicyclic amines) is 1. The molecule has 1 aliphatic carbocycles. The molecule has 1 aliphatic heterocycles. The van der Waals surface area contributed by atoms with Gasteiger partial charge in [-0.05, 0) is 67.1 Å². The largest absolute Gasteiger partial charge is 0.497 e. The van der Waals surface area contributed by atoms with Gasteiger partial charge in [-0.25, -0.2) is 9.78 Å². The number of β-lactam (4-membered cyclic amide) rings is 1. The smallest absolute Gasteiger partial charge is 0.408 e. The molecule has 0 radical (unpaired) electrons. The molecule has 0 bridgehead atoms. The maximum absolute atomic E-state index is 14.0. The number of amides is 4. The Labute approximate surface area is 224 Å². The van der Waals surface area contributed by atoms with Crippen LogP contribution < -0.4 is 20.7 Å². The van der Waals surface area contributed by atoms with E-state index in [2.05, 4.69) is 10.3 Å². The molecule has 210 valence electrons. The zero-order chi connectivity index (χ0) is 28.3. The molecule has 3 atom stereocenters. The van der Waals surface area contributed by atoms with Crippen molar-refractivity contribution < 1.29 is 32.3 Å². The lowest BCUT2D eigenvalue weighted by atomic mass is 9.81. The van der Waals surface area contributed by atoms with E-state index in [9.17, 15) is 27.6 Å². The first-order valence-electron chi connectivity index (χ1n) is 12.8. The van der Waals surface area contributed by atoms with Crippen LogP contribution in [0, 0.1) is 11.8 Å². The Morgan fingerprint density at radius 3 is 2.44 bits per heavy atom. The number of methoxy groups -OCH3 is 1. The Bertz CT molecular complexity index is 1200. The van der Waals surface area contributed by atoms with Gasteiger partial charge in [0.2, 0.25) is 5.91 Å². The first kappa shape index (κ1) is 28.2. The maximum Gasteiger partial charge on any atom is 0.408 e. The molecule has 1 aromatic carbocycles. The van der Waals surface area contributed by atoms with Crippen molar-refractivity contribution >= 4 is 29.4 Å². The molecule has 3 N–H and O–H groups in total. The van der Waals surface area contributed by atoms with Gasteiger partial charge in [0.25, 0.3) is 5.91 Å². The van der Waals surface area contributed by atoms with Crippen molar-refractivity contribution in [1.82, 2.24) is 15.2 Å². The summed E-state index contributed by atoms with van der Waals surface area (Å²) in [5, 5.41) is 2.06. The number of rotatable bonds is 7. The van der Waals surface area contributed by atoms with E-state index in [4.69, 9.17) is 10.5 Å². The van der Waals surface area contributed by atoms with Crippen LogP contribution in [0.1, 0.15) is 37.7 Å². The number of alkyl halides is 3. The highest BCUT2D eigenvalue weighted by molar-refractivity contribution is 6.12. The molecule has 2 aliphatic rings. The molecular weight excluding hydrogens is 515 g/mol. The molecule has 1 saturated heterocycles. The van der Waals surface area contributed by atoms with Gasteiger partial charge >= 0.3 is 12.2 Å². The van der Waals surface area contributed by atoms with Crippen LogP contribution in [0.15, 0.2) is 42.6 Å². The average molecular weight is 548 g/mol. The van der Waals surface area contributed by atoms with Crippen LogP contribution in [0.25, 0.3) is 0 Å². The van der Waals surface area contributed by atoms with E-state index in [1.165, 1.54) is 25.3 Å². The van der Waals surface area contributed by atoms with E-state index < -0.39 is 47.9 Å². The first-order valence-corrected chi connectivity index (χ1v) is 12.8. The van der Waals surface area contributed by atoms with Gasteiger partial charge in [-0.3, -0.25) is 14.5 Å². The Kier molecular flexibility index (Phi) is 8.31. The number of nitrogens with one attached hydrogen (secondary N) is 1. The topological polar surface area (TPSA) is 118 Å². The minimum Gasteiger partial charge on any atom is -0.497 e. The van der Waals surface area contributed by atoms with Crippen molar-refractivity contribution in [3.63, 3.8) is 0 Å². The molecule has 39 heavy (non-hydrogen) atoms. The van der Waals surface area contributed by atoms with Crippen LogP contribution in [0.4, 0.5) is 29.5 Å². The Morgan fingerprint density at radius 2 is 1.85 bits per heavy atom. The molecular formula is C27H32F3N5O4. The molecule has 9 nitrogen and oxygen atoms in total. The molecule has 12 heteroatoms. The summed E-state index contributed by atoms with van der Waals surface area (Å²) in [5.74, 6) is -2.31. The predicted octanol–water partition coefficient (Wildman–Crippen LogP) is 3.93. The van der Waals surface area contributed by atoms with Gasteiger partial charge in [-0.15, -0.1) is 0 Å². The van der Waals surface area contributed by atoms with Crippen LogP contribution in [0.3, 0.4) is 0 Å². The van der Waals surface area contributed by atoms with Crippen LogP contribution in [-0.4, -0.2) is 60.1 Å². The van der Waals surface area contributed by atoms with Gasteiger partial charge in [0.15, 0.2) is 0 Å². The second-order valence-corrected chi connectivity index (χ2v) is 10.0. The zero-order valence-corrected chi connectivity index (χ0v) is 21.8. The third kappa shape index (κ3) is 6.10. The number of benzene rings is 1. The average Bonchev–Trinajstić information content (AvgIpc) is 2.92. The summed E-state index contributed by atoms with van der Waals surface area (Å²) in [5.41, 5.74) is 6.82. The van der Waals surface area contributed by atoms with E-state index in [1.54, 1.807) is 36.4 Å². The van der Waals surface area contributed by atoms with E-state index in [1.807, 2.05) is 0 Å². The monoisotopic (exact) mass is 547 g/mol. The van der Waals surface area contributed by atoms with Crippen molar-refractivity contribution in [1.29, 1.82) is 0 Å². The number of halogens is 3. The predicted molar refractivity (Wildman–Crippen MR) is 138 cm³/mol. The maximum atomic E-state index is 14.0. The number of carbonyl (C=O) groups excluding carboxylic acids is 3. The van der Waals surface area contributed by atoms with Crippen LogP contribution >= 0.6 is 0 Å². The molecule has 4 rings (SSSR count). The van der Waals surface area contributed by atoms with E-state index in [-0.39, 0.29) is 12.2 Å². The molecule has 2 fully saturated rings. The fourth-order valence-corrected chi connectivity index (χ4v) is 5.40. The second kappa shape index (κ2) is 11.5. The number of nitrogen functional groups attached to an aromatic ring is 1. The number of hydrogen-bond acceptors (Lipinski definition) is 6. The number of likely N-dealkylation sites (N-methyl/N-ethyl adjacent to an activating group) is 1. The summed E-state index contributed by atoms with van der Waals surface area (Å²) < 4.78 is 47.1. The lowest BCUT2D eigenvalue weighted by Crippen LogP contribution is -2.71. The third-order valence-electron chi connectivity index (χ3n) is 7.53. The van der Waals surface area contributed by atoms with Gasteiger partial charge in [0.05, 0.1) is 13.0 Å². The third-order valence-corrected chi connectivity index (χ3v) is 7.53. The molecule has 3 unspecified atom stereocenters. The summed E-state index contributed by atoms with van der Waals surface area (Å²) in [6.45, 7) is 0. The number of nitrogens with zero attached hydrogens (tertiary/aromatic N) is 3. The second-order valence-electron chi connectivity index (χ2n) is 10.0. The highest BCUT2D eigenvalue weighted by atomic mass is 19.4. The normalized spacial score (nSPS) is 20.6.